The van der Waals surface area contributed by atoms with Crippen LogP contribution in [0.1, 0.15) is 65.7 Å². The molecule has 1 saturated carbocycles. The van der Waals surface area contributed by atoms with E-state index in [0.29, 0.717) is 6.10 Å². The van der Waals surface area contributed by atoms with Gasteiger partial charge in [-0.2, -0.15) is 0 Å². The summed E-state index contributed by atoms with van der Waals surface area (Å²) in [5.41, 5.74) is 0.0859. The molecule has 1 heterocycles. The Morgan fingerprint density at radius 3 is 2.38 bits per heavy atom. The lowest BCUT2D eigenvalue weighted by atomic mass is 9.74. The summed E-state index contributed by atoms with van der Waals surface area (Å²) in [6.45, 7) is 10.8. The normalized spacial score (nSPS) is 31.7. The van der Waals surface area contributed by atoms with Crippen molar-refractivity contribution in [1.29, 1.82) is 0 Å². The predicted molar refractivity (Wildman–Crippen MR) is 87.6 cm³/mol. The van der Waals surface area contributed by atoms with E-state index in [1.165, 1.54) is 32.1 Å². The van der Waals surface area contributed by atoms with Gasteiger partial charge in [-0.3, -0.25) is 0 Å². The van der Waals surface area contributed by atoms with Gasteiger partial charge in [0.25, 0.3) is 0 Å². The Morgan fingerprint density at radius 1 is 1.14 bits per heavy atom. The van der Waals surface area contributed by atoms with Gasteiger partial charge in [-0.1, -0.05) is 20.8 Å². The van der Waals surface area contributed by atoms with Crippen LogP contribution in [0.15, 0.2) is 0 Å². The van der Waals surface area contributed by atoms with Gasteiger partial charge < -0.3 is 14.8 Å². The number of hydrogen-bond acceptors (Lipinski definition) is 3. The third-order valence-electron chi connectivity index (χ3n) is 5.34. The summed E-state index contributed by atoms with van der Waals surface area (Å²) in [5, 5.41) is 3.62. The van der Waals surface area contributed by atoms with Crippen molar-refractivity contribution in [3.05, 3.63) is 0 Å². The molecule has 2 rings (SSSR count). The molecular weight excluding hydrogens is 262 g/mol. The molecule has 1 aliphatic carbocycles. The molecule has 0 bridgehead atoms. The van der Waals surface area contributed by atoms with Crippen molar-refractivity contribution in [2.24, 2.45) is 11.8 Å². The fourth-order valence-electron chi connectivity index (χ4n) is 3.81. The molecule has 2 aliphatic rings. The third-order valence-corrected chi connectivity index (χ3v) is 5.34. The smallest absolute Gasteiger partial charge is 0.0810 e. The van der Waals surface area contributed by atoms with Gasteiger partial charge >= 0.3 is 0 Å². The van der Waals surface area contributed by atoms with Gasteiger partial charge in [-0.15, -0.1) is 0 Å². The Morgan fingerprint density at radius 2 is 1.81 bits per heavy atom. The quantitative estimate of drug-likeness (QED) is 0.726. The minimum Gasteiger partial charge on any atom is -0.381 e. The van der Waals surface area contributed by atoms with Gasteiger partial charge in [0.15, 0.2) is 0 Å². The molecule has 21 heavy (non-hydrogen) atoms. The van der Waals surface area contributed by atoms with Gasteiger partial charge in [-0.25, -0.2) is 0 Å². The van der Waals surface area contributed by atoms with E-state index in [1.54, 1.807) is 0 Å². The topological polar surface area (TPSA) is 30.5 Å². The lowest BCUT2D eigenvalue weighted by molar-refractivity contribution is -0.144. The maximum Gasteiger partial charge on any atom is 0.0810 e. The van der Waals surface area contributed by atoms with Crippen molar-refractivity contribution >= 4 is 0 Å². The molecule has 3 heteroatoms. The molecule has 124 valence electrons. The van der Waals surface area contributed by atoms with E-state index in [9.17, 15) is 0 Å². The number of rotatable bonds is 7. The molecule has 1 saturated heterocycles. The lowest BCUT2D eigenvalue weighted by Gasteiger charge is -2.44. The van der Waals surface area contributed by atoms with E-state index in [2.05, 4.69) is 26.1 Å². The van der Waals surface area contributed by atoms with Crippen LogP contribution in [-0.2, 0) is 9.47 Å². The summed E-state index contributed by atoms with van der Waals surface area (Å²) in [6.07, 6.45) is 8.86. The van der Waals surface area contributed by atoms with Crippen LogP contribution in [0, 0.1) is 11.8 Å². The fourth-order valence-corrected chi connectivity index (χ4v) is 3.81. The molecular formula is C18H35NO2. The average Bonchev–Trinajstić information content (AvgIpc) is 2.49. The minimum atomic E-state index is 0.0859. The zero-order valence-electron chi connectivity index (χ0n) is 14.3. The Labute approximate surface area is 131 Å². The largest absolute Gasteiger partial charge is 0.381 e. The van der Waals surface area contributed by atoms with E-state index in [-0.39, 0.29) is 5.60 Å². The maximum atomic E-state index is 6.65. The van der Waals surface area contributed by atoms with Crippen LogP contribution in [0.3, 0.4) is 0 Å². The van der Waals surface area contributed by atoms with Gasteiger partial charge in [0.1, 0.15) is 0 Å². The molecule has 0 aromatic carbocycles. The molecule has 0 amide bonds. The first-order chi connectivity index (χ1) is 10.2. The monoisotopic (exact) mass is 297 g/mol. The maximum absolute atomic E-state index is 6.65. The lowest BCUT2D eigenvalue weighted by Crippen LogP contribution is -2.49. The fraction of sp³-hybridized carbons (Fsp3) is 1.00. The zero-order valence-corrected chi connectivity index (χ0v) is 14.3. The molecule has 0 atom stereocenters. The van der Waals surface area contributed by atoms with Crippen molar-refractivity contribution in [3.63, 3.8) is 0 Å². The Balaban J connectivity index is 1.90. The minimum absolute atomic E-state index is 0.0859. The molecule has 0 aromatic heterocycles. The van der Waals surface area contributed by atoms with Gasteiger partial charge in [0.2, 0.25) is 0 Å². The standard InChI is InChI=1S/C18H35NO2/c1-4-11-19-14-18(21-17-7-12-20-13-8-17)9-5-16(6-10-18)15(2)3/h15-17,19H,4-14H2,1-3H3. The van der Waals surface area contributed by atoms with Crippen molar-refractivity contribution in [3.8, 4) is 0 Å². The van der Waals surface area contributed by atoms with Crippen LogP contribution in [0.5, 0.6) is 0 Å². The summed E-state index contributed by atoms with van der Waals surface area (Å²) < 4.78 is 12.1. The van der Waals surface area contributed by atoms with E-state index >= 15 is 0 Å². The van der Waals surface area contributed by atoms with Crippen molar-refractivity contribution in [1.82, 2.24) is 5.32 Å². The van der Waals surface area contributed by atoms with Crippen LogP contribution in [0.2, 0.25) is 0 Å². The summed E-state index contributed by atoms with van der Waals surface area (Å²) in [5.74, 6) is 1.71. The summed E-state index contributed by atoms with van der Waals surface area (Å²) >= 11 is 0. The highest BCUT2D eigenvalue weighted by Gasteiger charge is 2.38. The SMILES string of the molecule is CCCNCC1(OC2CCOCC2)CCC(C(C)C)CC1. The second-order valence-corrected chi connectivity index (χ2v) is 7.37. The van der Waals surface area contributed by atoms with Crippen LogP contribution < -0.4 is 5.32 Å². The Kier molecular flexibility index (Phi) is 6.97. The molecule has 0 radical (unpaired) electrons. The molecule has 0 unspecified atom stereocenters. The van der Waals surface area contributed by atoms with Gasteiger partial charge in [0, 0.05) is 19.8 Å². The molecule has 2 fully saturated rings. The summed E-state index contributed by atoms with van der Waals surface area (Å²) in [7, 11) is 0. The first-order valence-electron chi connectivity index (χ1n) is 9.11. The first kappa shape index (κ1) is 17.2. The molecule has 0 aromatic rings. The van der Waals surface area contributed by atoms with E-state index in [4.69, 9.17) is 9.47 Å². The number of nitrogens with one attached hydrogen (secondary N) is 1. The van der Waals surface area contributed by atoms with Gasteiger partial charge in [-0.05, 0) is 63.3 Å². The second kappa shape index (κ2) is 8.50. The van der Waals surface area contributed by atoms with Crippen molar-refractivity contribution < 1.29 is 9.47 Å². The second-order valence-electron chi connectivity index (χ2n) is 7.37. The molecule has 0 spiro atoms. The van der Waals surface area contributed by atoms with Crippen molar-refractivity contribution in [2.75, 3.05) is 26.3 Å². The number of ether oxygens (including phenoxy) is 2. The molecule has 1 aliphatic heterocycles. The van der Waals surface area contributed by atoms with Gasteiger partial charge in [0.05, 0.1) is 11.7 Å². The highest BCUT2D eigenvalue weighted by atomic mass is 16.5. The van der Waals surface area contributed by atoms with Crippen LogP contribution in [-0.4, -0.2) is 38.0 Å². The third kappa shape index (κ3) is 5.22. The number of hydrogen-bond donors (Lipinski definition) is 1. The highest BCUT2D eigenvalue weighted by Crippen LogP contribution is 2.39. The first-order valence-corrected chi connectivity index (χ1v) is 9.11. The Hall–Kier alpha value is -0.120. The zero-order chi connectivity index (χ0) is 15.1. The molecule has 3 nitrogen and oxygen atoms in total. The van der Waals surface area contributed by atoms with Crippen LogP contribution in [0.25, 0.3) is 0 Å². The predicted octanol–water partition coefficient (Wildman–Crippen LogP) is 3.77. The summed E-state index contributed by atoms with van der Waals surface area (Å²) in [4.78, 5) is 0. The van der Waals surface area contributed by atoms with E-state index in [1.807, 2.05) is 0 Å². The Bertz CT molecular complexity index is 279. The van der Waals surface area contributed by atoms with Crippen LogP contribution in [0.4, 0.5) is 0 Å². The average molecular weight is 297 g/mol. The van der Waals surface area contributed by atoms with E-state index < -0.39 is 0 Å². The van der Waals surface area contributed by atoms with Crippen molar-refractivity contribution in [2.45, 2.75) is 77.4 Å². The summed E-state index contributed by atoms with van der Waals surface area (Å²) in [6, 6.07) is 0. The van der Waals surface area contributed by atoms with E-state index in [0.717, 1.165) is 51.0 Å². The highest BCUT2D eigenvalue weighted by molar-refractivity contribution is 4.91. The van der Waals surface area contributed by atoms with Crippen LogP contribution >= 0.6 is 0 Å². The molecule has 1 N–H and O–H groups in total.